The van der Waals surface area contributed by atoms with Crippen molar-refractivity contribution in [3.8, 4) is 6.07 Å². The summed E-state index contributed by atoms with van der Waals surface area (Å²) in [6.45, 7) is 1.55. The average Bonchev–Trinajstić information content (AvgIpc) is 2.16. The Morgan fingerprint density at radius 1 is 1.64 bits per heavy atom. The van der Waals surface area contributed by atoms with E-state index in [4.69, 9.17) is 5.26 Å². The van der Waals surface area contributed by atoms with E-state index < -0.39 is 6.43 Å². The molecule has 0 amide bonds. The number of aromatic nitrogens is 1. The van der Waals surface area contributed by atoms with Crippen LogP contribution in [0.1, 0.15) is 28.8 Å². The van der Waals surface area contributed by atoms with Crippen LogP contribution in [-0.4, -0.2) is 4.98 Å². The standard InChI is InChI=1S/C9H7BrF2N2/c1-5-7(2-10)6(3-13)4-14-8(5)9(11)12/h4,9H,2H2,1H3. The highest BCUT2D eigenvalue weighted by molar-refractivity contribution is 9.08. The Kier molecular flexibility index (Phi) is 3.53. The van der Waals surface area contributed by atoms with Crippen molar-refractivity contribution in [3.05, 3.63) is 28.6 Å². The lowest BCUT2D eigenvalue weighted by atomic mass is 10.0. The molecule has 0 aliphatic rings. The van der Waals surface area contributed by atoms with E-state index in [0.717, 1.165) is 0 Å². The van der Waals surface area contributed by atoms with Gasteiger partial charge in [0.2, 0.25) is 0 Å². The summed E-state index contributed by atoms with van der Waals surface area (Å²) in [4.78, 5) is 3.56. The van der Waals surface area contributed by atoms with E-state index >= 15 is 0 Å². The highest BCUT2D eigenvalue weighted by atomic mass is 79.9. The molecular weight excluding hydrogens is 254 g/mol. The molecule has 0 unspecified atom stereocenters. The zero-order chi connectivity index (χ0) is 10.7. The Morgan fingerprint density at radius 2 is 2.29 bits per heavy atom. The van der Waals surface area contributed by atoms with Crippen molar-refractivity contribution in [2.24, 2.45) is 0 Å². The first kappa shape index (κ1) is 11.1. The molecule has 1 heterocycles. The van der Waals surface area contributed by atoms with E-state index in [2.05, 4.69) is 20.9 Å². The van der Waals surface area contributed by atoms with E-state index in [9.17, 15) is 8.78 Å². The molecule has 0 aliphatic carbocycles. The van der Waals surface area contributed by atoms with Crippen molar-refractivity contribution in [3.63, 3.8) is 0 Å². The number of hydrogen-bond acceptors (Lipinski definition) is 2. The summed E-state index contributed by atoms with van der Waals surface area (Å²) in [5.41, 5.74) is 1.05. The molecule has 0 aliphatic heterocycles. The molecule has 0 radical (unpaired) electrons. The van der Waals surface area contributed by atoms with Gasteiger partial charge in [0.15, 0.2) is 0 Å². The summed E-state index contributed by atoms with van der Waals surface area (Å²) in [6, 6.07) is 1.92. The lowest BCUT2D eigenvalue weighted by Gasteiger charge is -2.08. The highest BCUT2D eigenvalue weighted by Crippen LogP contribution is 2.25. The van der Waals surface area contributed by atoms with Crippen LogP contribution in [0.2, 0.25) is 0 Å². The number of nitrogens with zero attached hydrogens (tertiary/aromatic N) is 2. The molecule has 1 rings (SSSR count). The zero-order valence-electron chi connectivity index (χ0n) is 7.39. The molecule has 74 valence electrons. The van der Waals surface area contributed by atoms with Gasteiger partial charge in [-0.05, 0) is 18.1 Å². The van der Waals surface area contributed by atoms with Gasteiger partial charge < -0.3 is 0 Å². The Morgan fingerprint density at radius 3 is 2.71 bits per heavy atom. The summed E-state index contributed by atoms with van der Waals surface area (Å²) >= 11 is 3.16. The lowest BCUT2D eigenvalue weighted by Crippen LogP contribution is -2.01. The van der Waals surface area contributed by atoms with Gasteiger partial charge >= 0.3 is 0 Å². The zero-order valence-corrected chi connectivity index (χ0v) is 8.98. The van der Waals surface area contributed by atoms with E-state index in [1.165, 1.54) is 6.20 Å². The normalized spacial score (nSPS) is 10.3. The molecule has 5 heteroatoms. The Labute approximate surface area is 88.7 Å². The second-order valence-electron chi connectivity index (χ2n) is 2.71. The van der Waals surface area contributed by atoms with Crippen LogP contribution in [0.5, 0.6) is 0 Å². The van der Waals surface area contributed by atoms with Gasteiger partial charge in [-0.3, -0.25) is 4.98 Å². The van der Waals surface area contributed by atoms with Crippen LogP contribution in [-0.2, 0) is 5.33 Å². The van der Waals surface area contributed by atoms with Crippen molar-refractivity contribution < 1.29 is 8.78 Å². The highest BCUT2D eigenvalue weighted by Gasteiger charge is 2.16. The molecule has 0 saturated heterocycles. The second-order valence-corrected chi connectivity index (χ2v) is 3.27. The smallest absolute Gasteiger partial charge is 0.254 e. The molecule has 0 atom stereocenters. The molecule has 0 aromatic carbocycles. The summed E-state index contributed by atoms with van der Waals surface area (Å²) < 4.78 is 24.8. The SMILES string of the molecule is Cc1c(C(F)F)ncc(C#N)c1CBr. The third-order valence-corrected chi connectivity index (χ3v) is 2.52. The molecule has 0 bridgehead atoms. The van der Waals surface area contributed by atoms with E-state index in [1.54, 1.807) is 6.92 Å². The third-order valence-electron chi connectivity index (χ3n) is 1.96. The van der Waals surface area contributed by atoms with Crippen LogP contribution in [0.3, 0.4) is 0 Å². The molecule has 0 spiro atoms. The summed E-state index contributed by atoms with van der Waals surface area (Å²) in [7, 11) is 0. The number of alkyl halides is 3. The fraction of sp³-hybridized carbons (Fsp3) is 0.333. The predicted molar refractivity (Wildman–Crippen MR) is 51.3 cm³/mol. The van der Waals surface area contributed by atoms with E-state index in [-0.39, 0.29) is 5.69 Å². The maximum atomic E-state index is 12.4. The lowest BCUT2D eigenvalue weighted by molar-refractivity contribution is 0.145. The van der Waals surface area contributed by atoms with Gasteiger partial charge in [-0.2, -0.15) is 5.26 Å². The maximum absolute atomic E-state index is 12.4. The number of halogens is 3. The molecule has 2 nitrogen and oxygen atoms in total. The van der Waals surface area contributed by atoms with Crippen molar-refractivity contribution >= 4 is 15.9 Å². The summed E-state index contributed by atoms with van der Waals surface area (Å²) in [5, 5.41) is 9.08. The topological polar surface area (TPSA) is 36.7 Å². The van der Waals surface area contributed by atoms with Crippen LogP contribution in [0, 0.1) is 18.3 Å². The van der Waals surface area contributed by atoms with Crippen molar-refractivity contribution in [2.75, 3.05) is 0 Å². The van der Waals surface area contributed by atoms with E-state index in [0.29, 0.717) is 22.0 Å². The minimum Gasteiger partial charge on any atom is -0.254 e. The first-order valence-corrected chi connectivity index (χ1v) is 4.96. The minimum absolute atomic E-state index is 0.251. The second kappa shape index (κ2) is 4.47. The molecule has 0 fully saturated rings. The molecule has 1 aromatic rings. The fourth-order valence-electron chi connectivity index (χ4n) is 1.15. The fourth-order valence-corrected chi connectivity index (χ4v) is 1.88. The number of nitriles is 1. The van der Waals surface area contributed by atoms with Gasteiger partial charge in [0.1, 0.15) is 11.8 Å². The predicted octanol–water partition coefficient (Wildman–Crippen LogP) is 3.09. The number of rotatable bonds is 2. The first-order valence-electron chi connectivity index (χ1n) is 3.84. The van der Waals surface area contributed by atoms with Crippen LogP contribution in [0.25, 0.3) is 0 Å². The first-order chi connectivity index (χ1) is 6.61. The van der Waals surface area contributed by atoms with Crippen LogP contribution < -0.4 is 0 Å². The Balaban J connectivity index is 3.37. The molecule has 1 aromatic heterocycles. The maximum Gasteiger partial charge on any atom is 0.280 e. The van der Waals surface area contributed by atoms with E-state index in [1.807, 2.05) is 6.07 Å². The van der Waals surface area contributed by atoms with Gasteiger partial charge in [-0.15, -0.1) is 0 Å². The van der Waals surface area contributed by atoms with Crippen LogP contribution in [0.15, 0.2) is 6.20 Å². The summed E-state index contributed by atoms with van der Waals surface area (Å²) in [6.07, 6.45) is -1.41. The van der Waals surface area contributed by atoms with Gasteiger partial charge in [0.25, 0.3) is 6.43 Å². The Hall–Kier alpha value is -1.02. The van der Waals surface area contributed by atoms with Crippen LogP contribution in [0.4, 0.5) is 8.78 Å². The third kappa shape index (κ3) is 1.90. The van der Waals surface area contributed by atoms with Gasteiger partial charge in [0.05, 0.1) is 5.56 Å². The van der Waals surface area contributed by atoms with Crippen molar-refractivity contribution in [1.82, 2.24) is 4.98 Å². The molecule has 0 N–H and O–H groups in total. The molecular formula is C9H7BrF2N2. The van der Waals surface area contributed by atoms with Crippen molar-refractivity contribution in [1.29, 1.82) is 5.26 Å². The van der Waals surface area contributed by atoms with Gasteiger partial charge in [-0.1, -0.05) is 15.9 Å². The average molecular weight is 261 g/mol. The monoisotopic (exact) mass is 260 g/mol. The van der Waals surface area contributed by atoms with Crippen molar-refractivity contribution in [2.45, 2.75) is 18.7 Å². The van der Waals surface area contributed by atoms with Gasteiger partial charge in [0, 0.05) is 11.5 Å². The summed E-state index contributed by atoms with van der Waals surface area (Å²) in [5.74, 6) is 0. The molecule has 14 heavy (non-hydrogen) atoms. The molecule has 0 saturated carbocycles. The minimum atomic E-state index is -2.60. The van der Waals surface area contributed by atoms with Crippen LogP contribution >= 0.6 is 15.9 Å². The van der Waals surface area contributed by atoms with Gasteiger partial charge in [-0.25, -0.2) is 8.78 Å². The Bertz CT molecular complexity index is 385. The number of pyridine rings is 1. The number of hydrogen-bond donors (Lipinski definition) is 0. The largest absolute Gasteiger partial charge is 0.280 e. The quantitative estimate of drug-likeness (QED) is 0.767.